The Hall–Kier alpha value is -2.30. The standard InChI is InChI=1S/C11H13N5/c12-10(9-11(13)16-7-15-9)14-6-8-4-2-1-3-5-8/h1-5,7H,6,13H2,(H2,12,14)(H,15,16). The Bertz CT molecular complexity index is 486. The molecule has 0 aliphatic rings. The third-order valence-corrected chi connectivity index (χ3v) is 2.20. The van der Waals surface area contributed by atoms with Crippen LogP contribution in [0.4, 0.5) is 5.82 Å². The lowest BCUT2D eigenvalue weighted by atomic mass is 10.2. The van der Waals surface area contributed by atoms with Gasteiger partial charge in [0.25, 0.3) is 0 Å². The van der Waals surface area contributed by atoms with E-state index in [4.69, 9.17) is 11.5 Å². The van der Waals surface area contributed by atoms with Gasteiger partial charge < -0.3 is 16.5 Å². The predicted octanol–water partition coefficient (Wildman–Crippen LogP) is 0.897. The molecule has 1 aromatic carbocycles. The van der Waals surface area contributed by atoms with Crippen LogP contribution in [0.25, 0.3) is 0 Å². The molecule has 5 N–H and O–H groups in total. The first-order valence-electron chi connectivity index (χ1n) is 4.90. The van der Waals surface area contributed by atoms with Crippen LogP contribution in [0.5, 0.6) is 0 Å². The molecule has 0 radical (unpaired) electrons. The number of anilines is 1. The molecule has 5 heteroatoms. The molecule has 2 aromatic rings. The Morgan fingerprint density at radius 2 is 2.06 bits per heavy atom. The number of nitrogens with one attached hydrogen (secondary N) is 1. The average Bonchev–Trinajstić information content (AvgIpc) is 2.74. The number of aromatic nitrogens is 2. The second-order valence-electron chi connectivity index (χ2n) is 3.35. The van der Waals surface area contributed by atoms with Crippen LogP contribution >= 0.6 is 0 Å². The normalized spacial score (nSPS) is 11.6. The molecule has 0 bridgehead atoms. The third kappa shape index (κ3) is 2.20. The molecule has 0 aliphatic heterocycles. The molecule has 1 heterocycles. The summed E-state index contributed by atoms with van der Waals surface area (Å²) in [4.78, 5) is 10.9. The van der Waals surface area contributed by atoms with Gasteiger partial charge in [-0.1, -0.05) is 30.3 Å². The van der Waals surface area contributed by atoms with Gasteiger partial charge in [0.05, 0.1) is 12.9 Å². The fourth-order valence-corrected chi connectivity index (χ4v) is 1.35. The SMILES string of the molecule is NC(=NCc1ccccc1)c1[nH]cnc1N. The van der Waals surface area contributed by atoms with Gasteiger partial charge in [0.1, 0.15) is 11.5 Å². The van der Waals surface area contributed by atoms with E-state index in [2.05, 4.69) is 15.0 Å². The van der Waals surface area contributed by atoms with Gasteiger partial charge >= 0.3 is 0 Å². The van der Waals surface area contributed by atoms with Gasteiger partial charge in [-0.15, -0.1) is 0 Å². The molecule has 5 nitrogen and oxygen atoms in total. The summed E-state index contributed by atoms with van der Waals surface area (Å²) < 4.78 is 0. The lowest BCUT2D eigenvalue weighted by Gasteiger charge is -1.99. The van der Waals surface area contributed by atoms with E-state index in [-0.39, 0.29) is 0 Å². The number of amidine groups is 1. The maximum absolute atomic E-state index is 5.79. The quantitative estimate of drug-likeness (QED) is 0.524. The lowest BCUT2D eigenvalue weighted by molar-refractivity contribution is 1.06. The largest absolute Gasteiger partial charge is 0.382 e. The molecule has 0 fully saturated rings. The number of hydrogen-bond acceptors (Lipinski definition) is 3. The first kappa shape index (κ1) is 10.2. The van der Waals surface area contributed by atoms with Crippen molar-refractivity contribution in [2.75, 3.05) is 5.73 Å². The van der Waals surface area contributed by atoms with E-state index < -0.39 is 0 Å². The summed E-state index contributed by atoms with van der Waals surface area (Å²) in [5, 5.41) is 0. The molecular weight excluding hydrogens is 202 g/mol. The van der Waals surface area contributed by atoms with Gasteiger partial charge in [-0.3, -0.25) is 4.99 Å². The number of aromatic amines is 1. The molecule has 0 saturated heterocycles. The molecule has 16 heavy (non-hydrogen) atoms. The summed E-state index contributed by atoms with van der Waals surface area (Å²) in [6.45, 7) is 0.533. The fourth-order valence-electron chi connectivity index (χ4n) is 1.35. The minimum atomic E-state index is 0.370. The molecule has 82 valence electrons. The van der Waals surface area contributed by atoms with Gasteiger partial charge in [-0.2, -0.15) is 0 Å². The molecular formula is C11H13N5. The van der Waals surface area contributed by atoms with Crippen LogP contribution in [-0.2, 0) is 6.54 Å². The monoisotopic (exact) mass is 215 g/mol. The number of nitrogens with two attached hydrogens (primary N) is 2. The summed E-state index contributed by atoms with van der Waals surface area (Å²) in [7, 11) is 0. The van der Waals surface area contributed by atoms with Crippen molar-refractivity contribution >= 4 is 11.7 Å². The first-order valence-corrected chi connectivity index (χ1v) is 4.90. The molecule has 0 saturated carbocycles. The zero-order chi connectivity index (χ0) is 11.4. The Morgan fingerprint density at radius 1 is 1.31 bits per heavy atom. The highest BCUT2D eigenvalue weighted by atomic mass is 15.0. The van der Waals surface area contributed by atoms with E-state index >= 15 is 0 Å². The van der Waals surface area contributed by atoms with Crippen molar-refractivity contribution < 1.29 is 0 Å². The fraction of sp³-hybridized carbons (Fsp3) is 0.0909. The van der Waals surface area contributed by atoms with Crippen molar-refractivity contribution in [2.45, 2.75) is 6.54 Å². The minimum Gasteiger partial charge on any atom is -0.382 e. The highest BCUT2D eigenvalue weighted by molar-refractivity contribution is 5.99. The van der Waals surface area contributed by atoms with Crippen molar-refractivity contribution in [3.8, 4) is 0 Å². The van der Waals surface area contributed by atoms with E-state index in [1.54, 1.807) is 0 Å². The zero-order valence-electron chi connectivity index (χ0n) is 8.72. The van der Waals surface area contributed by atoms with Gasteiger partial charge in [0.2, 0.25) is 0 Å². The summed E-state index contributed by atoms with van der Waals surface area (Å²) in [5.74, 6) is 0.744. The molecule has 0 amide bonds. The van der Waals surface area contributed by atoms with Crippen molar-refractivity contribution in [2.24, 2.45) is 10.7 Å². The summed E-state index contributed by atoms with van der Waals surface area (Å²) in [5.41, 5.74) is 13.1. The van der Waals surface area contributed by atoms with Gasteiger partial charge in [-0.05, 0) is 5.56 Å². The molecule has 0 atom stereocenters. The molecule has 2 rings (SSSR count). The van der Waals surface area contributed by atoms with Crippen LogP contribution < -0.4 is 11.5 Å². The van der Waals surface area contributed by atoms with E-state index in [0.717, 1.165) is 5.56 Å². The summed E-state index contributed by atoms with van der Waals surface area (Å²) in [6, 6.07) is 9.88. The number of nitrogen functional groups attached to an aromatic ring is 1. The number of imidazole rings is 1. The second kappa shape index (κ2) is 4.48. The van der Waals surface area contributed by atoms with Crippen molar-refractivity contribution in [3.05, 3.63) is 47.9 Å². The zero-order valence-corrected chi connectivity index (χ0v) is 8.72. The van der Waals surface area contributed by atoms with Crippen LogP contribution in [0, 0.1) is 0 Å². The maximum atomic E-state index is 5.79. The van der Waals surface area contributed by atoms with Crippen LogP contribution in [0.15, 0.2) is 41.7 Å². The first-order chi connectivity index (χ1) is 7.77. The topological polar surface area (TPSA) is 93.1 Å². The molecule has 0 aliphatic carbocycles. The second-order valence-corrected chi connectivity index (χ2v) is 3.35. The van der Waals surface area contributed by atoms with Crippen LogP contribution in [0.3, 0.4) is 0 Å². The van der Waals surface area contributed by atoms with Gasteiger partial charge in [0.15, 0.2) is 5.82 Å². The number of benzene rings is 1. The predicted molar refractivity (Wildman–Crippen MR) is 63.9 cm³/mol. The number of H-pyrrole nitrogens is 1. The van der Waals surface area contributed by atoms with Crippen molar-refractivity contribution in [1.29, 1.82) is 0 Å². The maximum Gasteiger partial charge on any atom is 0.152 e. The molecule has 0 spiro atoms. The highest BCUT2D eigenvalue weighted by Crippen LogP contribution is 2.05. The number of hydrogen-bond donors (Lipinski definition) is 3. The van der Waals surface area contributed by atoms with E-state index in [9.17, 15) is 0 Å². The smallest absolute Gasteiger partial charge is 0.152 e. The Labute approximate surface area is 93.2 Å². The Kier molecular flexibility index (Phi) is 2.86. The lowest BCUT2D eigenvalue weighted by Crippen LogP contribution is -2.16. The van der Waals surface area contributed by atoms with Crippen molar-refractivity contribution in [1.82, 2.24) is 9.97 Å². The van der Waals surface area contributed by atoms with Gasteiger partial charge in [0, 0.05) is 0 Å². The van der Waals surface area contributed by atoms with Crippen LogP contribution in [0.1, 0.15) is 11.3 Å². The molecule has 1 aromatic heterocycles. The Morgan fingerprint density at radius 3 is 2.69 bits per heavy atom. The van der Waals surface area contributed by atoms with Crippen molar-refractivity contribution in [3.63, 3.8) is 0 Å². The summed E-state index contributed by atoms with van der Waals surface area (Å²) in [6.07, 6.45) is 1.50. The number of rotatable bonds is 3. The van der Waals surface area contributed by atoms with E-state index in [0.29, 0.717) is 23.9 Å². The third-order valence-electron chi connectivity index (χ3n) is 2.20. The van der Waals surface area contributed by atoms with E-state index in [1.165, 1.54) is 6.33 Å². The Balaban J connectivity index is 2.12. The van der Waals surface area contributed by atoms with Gasteiger partial charge in [-0.25, -0.2) is 4.98 Å². The molecule has 0 unspecified atom stereocenters. The highest BCUT2D eigenvalue weighted by Gasteiger charge is 2.04. The number of aliphatic imine (C=N–C) groups is 1. The summed E-state index contributed by atoms with van der Waals surface area (Å²) >= 11 is 0. The average molecular weight is 215 g/mol. The van der Waals surface area contributed by atoms with Crippen LogP contribution in [0.2, 0.25) is 0 Å². The minimum absolute atomic E-state index is 0.370. The number of nitrogens with zero attached hydrogens (tertiary/aromatic N) is 2. The van der Waals surface area contributed by atoms with Crippen LogP contribution in [-0.4, -0.2) is 15.8 Å². The van der Waals surface area contributed by atoms with E-state index in [1.807, 2.05) is 30.3 Å².